The van der Waals surface area contributed by atoms with Gasteiger partial charge in [0, 0.05) is 18.5 Å². The smallest absolute Gasteiger partial charge is 0.183 e. The molecule has 7 heteroatoms. The Morgan fingerprint density at radius 1 is 1.44 bits per heavy atom. The number of fused-ring (bicyclic) bond motifs is 1. The highest BCUT2D eigenvalue weighted by molar-refractivity contribution is 7.09. The van der Waals surface area contributed by atoms with Gasteiger partial charge in [-0.2, -0.15) is 0 Å². The number of rotatable bonds is 1. The molecular weight excluding hydrogens is 246 g/mol. The number of nitrogens with zero attached hydrogens (tertiary/aromatic N) is 4. The first kappa shape index (κ1) is 11.5. The van der Waals surface area contributed by atoms with Crippen LogP contribution in [0.15, 0.2) is 5.38 Å². The summed E-state index contributed by atoms with van der Waals surface area (Å²) in [6.45, 7) is 4.70. The number of aromatic nitrogens is 4. The van der Waals surface area contributed by atoms with Crippen molar-refractivity contribution in [2.24, 2.45) is 0 Å². The van der Waals surface area contributed by atoms with Crippen molar-refractivity contribution in [1.82, 2.24) is 25.1 Å². The predicted octanol–water partition coefficient (Wildman–Crippen LogP) is 1.24. The van der Waals surface area contributed by atoms with E-state index in [0.29, 0.717) is 0 Å². The van der Waals surface area contributed by atoms with E-state index in [2.05, 4.69) is 25.1 Å². The van der Waals surface area contributed by atoms with Crippen LogP contribution in [0.4, 0.5) is 0 Å². The van der Waals surface area contributed by atoms with Gasteiger partial charge >= 0.3 is 0 Å². The van der Waals surface area contributed by atoms with Gasteiger partial charge in [-0.1, -0.05) is 0 Å². The van der Waals surface area contributed by atoms with Gasteiger partial charge in [-0.3, -0.25) is 0 Å². The van der Waals surface area contributed by atoms with Crippen molar-refractivity contribution in [3.63, 3.8) is 0 Å². The molecule has 5 nitrogen and oxygen atoms in total. The average Bonchev–Trinajstić information content (AvgIpc) is 2.83. The van der Waals surface area contributed by atoms with Gasteiger partial charge in [0.15, 0.2) is 5.82 Å². The van der Waals surface area contributed by atoms with Crippen LogP contribution in [0.2, 0.25) is 0 Å². The molecule has 86 valence electrons. The van der Waals surface area contributed by atoms with Gasteiger partial charge < -0.3 is 9.88 Å². The molecule has 0 saturated heterocycles. The molecule has 0 unspecified atom stereocenters. The second-order valence-corrected chi connectivity index (χ2v) is 4.58. The lowest BCUT2D eigenvalue weighted by molar-refractivity contribution is 0.508. The molecular formula is C9H12ClN5S. The van der Waals surface area contributed by atoms with Crippen LogP contribution >= 0.6 is 23.7 Å². The van der Waals surface area contributed by atoms with Crippen molar-refractivity contribution in [3.05, 3.63) is 16.2 Å². The molecule has 1 aliphatic rings. The highest BCUT2D eigenvalue weighted by atomic mass is 35.5. The van der Waals surface area contributed by atoms with Crippen LogP contribution in [-0.4, -0.2) is 26.3 Å². The molecule has 0 aliphatic carbocycles. The quantitative estimate of drug-likeness (QED) is 0.835. The first-order valence-corrected chi connectivity index (χ1v) is 5.78. The summed E-state index contributed by atoms with van der Waals surface area (Å²) in [5.41, 5.74) is 0.943. The maximum atomic E-state index is 4.44. The van der Waals surface area contributed by atoms with E-state index in [9.17, 15) is 0 Å². The minimum Gasteiger partial charge on any atom is -0.308 e. The largest absolute Gasteiger partial charge is 0.308 e. The number of nitrogens with one attached hydrogen (secondary N) is 1. The number of hydrogen-bond donors (Lipinski definition) is 1. The third-order valence-corrected chi connectivity index (χ3v) is 3.24. The predicted molar refractivity (Wildman–Crippen MR) is 64.8 cm³/mol. The van der Waals surface area contributed by atoms with E-state index in [0.717, 1.165) is 42.0 Å². The first-order valence-electron chi connectivity index (χ1n) is 4.90. The zero-order valence-electron chi connectivity index (χ0n) is 8.80. The number of halogens is 1. The van der Waals surface area contributed by atoms with Crippen molar-refractivity contribution in [2.45, 2.75) is 20.0 Å². The van der Waals surface area contributed by atoms with Gasteiger partial charge in [-0.05, 0) is 6.92 Å². The molecule has 16 heavy (non-hydrogen) atoms. The van der Waals surface area contributed by atoms with Gasteiger partial charge in [-0.15, -0.1) is 33.9 Å². The van der Waals surface area contributed by atoms with Crippen LogP contribution in [0.1, 0.15) is 10.8 Å². The Balaban J connectivity index is 0.000000963. The van der Waals surface area contributed by atoms with E-state index < -0.39 is 0 Å². The summed E-state index contributed by atoms with van der Waals surface area (Å²) in [4.78, 5) is 4.44. The zero-order chi connectivity index (χ0) is 10.3. The number of aryl methyl sites for hydroxylation is 1. The van der Waals surface area contributed by atoms with Crippen molar-refractivity contribution in [2.75, 3.05) is 6.54 Å². The maximum absolute atomic E-state index is 4.44. The fourth-order valence-electron chi connectivity index (χ4n) is 1.75. The summed E-state index contributed by atoms with van der Waals surface area (Å²) < 4.78 is 2.14. The van der Waals surface area contributed by atoms with E-state index >= 15 is 0 Å². The molecule has 0 amide bonds. The Kier molecular flexibility index (Phi) is 3.22. The normalized spacial score (nSPS) is 14.3. The maximum Gasteiger partial charge on any atom is 0.183 e. The third-order valence-electron chi connectivity index (χ3n) is 2.47. The summed E-state index contributed by atoms with van der Waals surface area (Å²) >= 11 is 1.65. The summed E-state index contributed by atoms with van der Waals surface area (Å²) in [6, 6.07) is 0. The Labute approximate surface area is 103 Å². The Morgan fingerprint density at radius 2 is 2.31 bits per heavy atom. The van der Waals surface area contributed by atoms with Crippen LogP contribution in [0.5, 0.6) is 0 Å². The van der Waals surface area contributed by atoms with E-state index in [-0.39, 0.29) is 12.4 Å². The Morgan fingerprint density at radius 3 is 3.06 bits per heavy atom. The standard InChI is InChI=1S/C9H11N5S.ClH/c1-6-11-7(5-15-6)9-13-12-8-4-10-2-3-14(8)9;/h5,10H,2-4H2,1H3;1H. The van der Waals surface area contributed by atoms with Gasteiger partial charge in [-0.25, -0.2) is 4.98 Å². The molecule has 0 radical (unpaired) electrons. The van der Waals surface area contributed by atoms with Crippen molar-refractivity contribution >= 4 is 23.7 Å². The van der Waals surface area contributed by atoms with Crippen molar-refractivity contribution < 1.29 is 0 Å². The van der Waals surface area contributed by atoms with Crippen LogP contribution in [-0.2, 0) is 13.1 Å². The molecule has 0 atom stereocenters. The van der Waals surface area contributed by atoms with Crippen LogP contribution in [0.3, 0.4) is 0 Å². The first-order chi connectivity index (χ1) is 7.34. The molecule has 0 aromatic carbocycles. The topological polar surface area (TPSA) is 55.6 Å². The second-order valence-electron chi connectivity index (χ2n) is 3.52. The minimum absolute atomic E-state index is 0. The summed E-state index contributed by atoms with van der Waals surface area (Å²) in [6.07, 6.45) is 0. The number of thiazole rings is 1. The molecule has 0 saturated carbocycles. The van der Waals surface area contributed by atoms with E-state index in [1.807, 2.05) is 12.3 Å². The molecule has 0 fully saturated rings. The molecule has 0 bridgehead atoms. The summed E-state index contributed by atoms with van der Waals surface area (Å²) in [5.74, 6) is 1.90. The van der Waals surface area contributed by atoms with Gasteiger partial charge in [0.25, 0.3) is 0 Å². The summed E-state index contributed by atoms with van der Waals surface area (Å²) in [5, 5.41) is 14.7. The molecule has 0 spiro atoms. The molecule has 3 rings (SSSR count). The van der Waals surface area contributed by atoms with Crippen LogP contribution < -0.4 is 5.32 Å². The third kappa shape index (κ3) is 1.83. The monoisotopic (exact) mass is 257 g/mol. The van der Waals surface area contributed by atoms with E-state index in [1.165, 1.54) is 0 Å². The van der Waals surface area contributed by atoms with Gasteiger partial charge in [0.1, 0.15) is 11.5 Å². The Bertz CT molecular complexity index is 492. The Hall–Kier alpha value is -0.980. The molecule has 1 N–H and O–H groups in total. The molecule has 2 aromatic heterocycles. The van der Waals surface area contributed by atoms with Crippen molar-refractivity contribution in [1.29, 1.82) is 0 Å². The molecule has 2 aromatic rings. The lowest BCUT2D eigenvalue weighted by Gasteiger charge is -2.15. The fourth-order valence-corrected chi connectivity index (χ4v) is 2.34. The van der Waals surface area contributed by atoms with E-state index in [1.54, 1.807) is 11.3 Å². The van der Waals surface area contributed by atoms with Crippen LogP contribution in [0, 0.1) is 6.92 Å². The fraction of sp³-hybridized carbons (Fsp3) is 0.444. The zero-order valence-corrected chi connectivity index (χ0v) is 10.4. The minimum atomic E-state index is 0. The lowest BCUT2D eigenvalue weighted by atomic mass is 10.4. The van der Waals surface area contributed by atoms with E-state index in [4.69, 9.17) is 0 Å². The number of hydrogen-bond acceptors (Lipinski definition) is 5. The highest BCUT2D eigenvalue weighted by Gasteiger charge is 2.17. The molecule has 1 aliphatic heterocycles. The summed E-state index contributed by atoms with van der Waals surface area (Å²) in [7, 11) is 0. The van der Waals surface area contributed by atoms with Crippen LogP contribution in [0.25, 0.3) is 11.5 Å². The van der Waals surface area contributed by atoms with Gasteiger partial charge in [0.05, 0.1) is 11.6 Å². The SMILES string of the molecule is Cc1nc(-c2nnc3n2CCNC3)cs1.Cl. The molecule has 3 heterocycles. The average molecular weight is 258 g/mol. The van der Waals surface area contributed by atoms with Gasteiger partial charge in [0.2, 0.25) is 0 Å². The second kappa shape index (κ2) is 4.48. The van der Waals surface area contributed by atoms with Crippen molar-refractivity contribution in [3.8, 4) is 11.5 Å². The highest BCUT2D eigenvalue weighted by Crippen LogP contribution is 2.21. The lowest BCUT2D eigenvalue weighted by Crippen LogP contribution is -2.28.